The molecule has 1 aliphatic rings. The number of halogens is 1. The summed E-state index contributed by atoms with van der Waals surface area (Å²) in [5.74, 6) is -0.156. The van der Waals surface area contributed by atoms with Crippen molar-refractivity contribution in [3.8, 4) is 0 Å². The molecule has 1 atom stereocenters. The Labute approximate surface area is 122 Å². The highest BCUT2D eigenvalue weighted by molar-refractivity contribution is 5.94. The Morgan fingerprint density at radius 1 is 1.45 bits per heavy atom. The van der Waals surface area contributed by atoms with Crippen LogP contribution in [0.25, 0.3) is 0 Å². The lowest BCUT2D eigenvalue weighted by atomic mass is 10.1. The Morgan fingerprint density at radius 2 is 2.10 bits per heavy atom. The lowest BCUT2D eigenvalue weighted by molar-refractivity contribution is -0.384. The van der Waals surface area contributed by atoms with E-state index >= 15 is 0 Å². The van der Waals surface area contributed by atoms with E-state index in [-0.39, 0.29) is 30.1 Å². The number of nitro groups is 1. The highest BCUT2D eigenvalue weighted by Gasteiger charge is 2.24. The smallest absolute Gasteiger partial charge is 0.269 e. The van der Waals surface area contributed by atoms with Gasteiger partial charge in [-0.1, -0.05) is 0 Å². The summed E-state index contributed by atoms with van der Waals surface area (Å²) < 4.78 is 5.39. The number of carbonyl (C=O) groups excluding carboxylic acids is 1. The first kappa shape index (κ1) is 16.4. The first-order valence-corrected chi connectivity index (χ1v) is 5.97. The second-order valence-corrected chi connectivity index (χ2v) is 4.28. The van der Waals surface area contributed by atoms with E-state index in [0.29, 0.717) is 31.8 Å². The molecule has 110 valence electrons. The number of hydrogen-bond acceptors (Lipinski definition) is 5. The quantitative estimate of drug-likeness (QED) is 0.658. The van der Waals surface area contributed by atoms with E-state index in [0.717, 1.165) is 0 Å². The number of benzene rings is 1. The molecule has 1 fully saturated rings. The van der Waals surface area contributed by atoms with Crippen LogP contribution >= 0.6 is 12.4 Å². The summed E-state index contributed by atoms with van der Waals surface area (Å²) in [6.07, 6.45) is -0.143. The van der Waals surface area contributed by atoms with Crippen LogP contribution in [0.2, 0.25) is 0 Å². The van der Waals surface area contributed by atoms with Gasteiger partial charge in [0.2, 0.25) is 0 Å². The largest absolute Gasteiger partial charge is 0.373 e. The van der Waals surface area contributed by atoms with Gasteiger partial charge in [0, 0.05) is 37.3 Å². The summed E-state index contributed by atoms with van der Waals surface area (Å²) in [6.45, 7) is 1.78. The maximum absolute atomic E-state index is 12.2. The Kier molecular flexibility index (Phi) is 5.87. The van der Waals surface area contributed by atoms with Gasteiger partial charge in [0.1, 0.15) is 0 Å². The van der Waals surface area contributed by atoms with Crippen molar-refractivity contribution in [2.45, 2.75) is 6.10 Å². The molecule has 1 aliphatic heterocycles. The third-order valence-corrected chi connectivity index (χ3v) is 3.01. The minimum Gasteiger partial charge on any atom is -0.373 e. The Hall–Kier alpha value is -1.70. The lowest BCUT2D eigenvalue weighted by Gasteiger charge is -2.32. The zero-order valence-corrected chi connectivity index (χ0v) is 11.5. The Balaban J connectivity index is 0.00000200. The maximum Gasteiger partial charge on any atom is 0.269 e. The van der Waals surface area contributed by atoms with Crippen molar-refractivity contribution >= 4 is 24.0 Å². The van der Waals surface area contributed by atoms with Crippen LogP contribution < -0.4 is 5.73 Å². The summed E-state index contributed by atoms with van der Waals surface area (Å²) in [5.41, 5.74) is 5.92. The van der Waals surface area contributed by atoms with Crippen LogP contribution in [0.1, 0.15) is 10.4 Å². The molecule has 8 heteroatoms. The van der Waals surface area contributed by atoms with Crippen LogP contribution in [-0.2, 0) is 4.74 Å². The average Bonchev–Trinajstić information content (AvgIpc) is 2.46. The summed E-state index contributed by atoms with van der Waals surface area (Å²) in [6, 6.07) is 5.59. The van der Waals surface area contributed by atoms with Crippen molar-refractivity contribution in [2.75, 3.05) is 26.2 Å². The van der Waals surface area contributed by atoms with Gasteiger partial charge >= 0.3 is 0 Å². The predicted molar refractivity (Wildman–Crippen MR) is 75.0 cm³/mol. The first-order valence-electron chi connectivity index (χ1n) is 5.97. The Morgan fingerprint density at radius 3 is 2.65 bits per heavy atom. The van der Waals surface area contributed by atoms with E-state index < -0.39 is 4.92 Å². The van der Waals surface area contributed by atoms with Gasteiger partial charge in [0.15, 0.2) is 0 Å². The molecule has 2 rings (SSSR count). The number of rotatable bonds is 3. The first-order chi connectivity index (χ1) is 9.11. The van der Waals surface area contributed by atoms with Gasteiger partial charge in [-0.3, -0.25) is 14.9 Å². The predicted octanol–water partition coefficient (Wildman–Crippen LogP) is 0.816. The number of hydrogen-bond donors (Lipinski definition) is 1. The molecular weight excluding hydrogens is 286 g/mol. The molecule has 0 spiro atoms. The van der Waals surface area contributed by atoms with Crippen molar-refractivity contribution in [1.29, 1.82) is 0 Å². The number of nitrogens with zero attached hydrogens (tertiary/aromatic N) is 2. The average molecular weight is 302 g/mol. The van der Waals surface area contributed by atoms with Crippen molar-refractivity contribution in [3.63, 3.8) is 0 Å². The van der Waals surface area contributed by atoms with Crippen LogP contribution in [0, 0.1) is 10.1 Å². The zero-order valence-electron chi connectivity index (χ0n) is 10.7. The summed E-state index contributed by atoms with van der Waals surface area (Å²) in [4.78, 5) is 23.9. The molecule has 2 N–H and O–H groups in total. The fraction of sp³-hybridized carbons (Fsp3) is 0.417. The van der Waals surface area contributed by atoms with Gasteiger partial charge in [-0.25, -0.2) is 0 Å². The fourth-order valence-corrected chi connectivity index (χ4v) is 1.95. The molecule has 0 bridgehead atoms. The highest BCUT2D eigenvalue weighted by Crippen LogP contribution is 2.15. The van der Waals surface area contributed by atoms with Crippen LogP contribution in [0.3, 0.4) is 0 Å². The van der Waals surface area contributed by atoms with E-state index in [4.69, 9.17) is 10.5 Å². The number of carbonyl (C=O) groups is 1. The van der Waals surface area contributed by atoms with Gasteiger partial charge in [0.05, 0.1) is 17.6 Å². The van der Waals surface area contributed by atoms with E-state index in [1.54, 1.807) is 4.90 Å². The fourth-order valence-electron chi connectivity index (χ4n) is 1.95. The SMILES string of the molecule is Cl.NCC1CN(C(=O)c2ccc([N+](=O)[O-])cc2)CCO1. The van der Waals surface area contributed by atoms with Crippen molar-refractivity contribution in [3.05, 3.63) is 39.9 Å². The second kappa shape index (κ2) is 7.18. The molecule has 1 saturated heterocycles. The minimum atomic E-state index is -0.493. The second-order valence-electron chi connectivity index (χ2n) is 4.28. The molecule has 1 aromatic rings. The molecule has 0 radical (unpaired) electrons. The molecule has 1 unspecified atom stereocenters. The monoisotopic (exact) mass is 301 g/mol. The topological polar surface area (TPSA) is 98.7 Å². The number of non-ortho nitro benzene ring substituents is 1. The van der Waals surface area contributed by atoms with Gasteiger partial charge < -0.3 is 15.4 Å². The molecule has 1 amide bonds. The molecule has 0 aliphatic carbocycles. The van der Waals surface area contributed by atoms with Gasteiger partial charge in [-0.05, 0) is 12.1 Å². The number of ether oxygens (including phenoxy) is 1. The number of nitrogens with two attached hydrogens (primary N) is 1. The highest BCUT2D eigenvalue weighted by atomic mass is 35.5. The Bertz CT molecular complexity index is 480. The molecular formula is C12H16ClN3O4. The van der Waals surface area contributed by atoms with Crippen LogP contribution in [-0.4, -0.2) is 48.1 Å². The summed E-state index contributed by atoms with van der Waals surface area (Å²) in [5, 5.41) is 10.5. The van der Waals surface area contributed by atoms with Gasteiger partial charge in [-0.15, -0.1) is 12.4 Å². The van der Waals surface area contributed by atoms with E-state index in [2.05, 4.69) is 0 Å². The molecule has 1 aromatic carbocycles. The van der Waals surface area contributed by atoms with Crippen molar-refractivity contribution < 1.29 is 14.5 Å². The zero-order chi connectivity index (χ0) is 13.8. The maximum atomic E-state index is 12.2. The van der Waals surface area contributed by atoms with Gasteiger partial charge in [0.25, 0.3) is 11.6 Å². The third kappa shape index (κ3) is 3.66. The summed E-state index contributed by atoms with van der Waals surface area (Å²) in [7, 11) is 0. The standard InChI is InChI=1S/C12H15N3O4.ClH/c13-7-11-8-14(5-6-19-11)12(16)9-1-3-10(4-2-9)15(17)18;/h1-4,11H,5-8,13H2;1H. The van der Waals surface area contributed by atoms with E-state index in [1.807, 2.05) is 0 Å². The number of amides is 1. The number of morpholine rings is 1. The number of nitro benzene ring substituents is 1. The van der Waals surface area contributed by atoms with Gasteiger partial charge in [-0.2, -0.15) is 0 Å². The molecule has 1 heterocycles. The van der Waals surface area contributed by atoms with Crippen molar-refractivity contribution in [2.24, 2.45) is 5.73 Å². The van der Waals surface area contributed by atoms with E-state index in [1.165, 1.54) is 24.3 Å². The lowest BCUT2D eigenvalue weighted by Crippen LogP contribution is -2.48. The minimum absolute atomic E-state index is 0. The van der Waals surface area contributed by atoms with Crippen LogP contribution in [0.5, 0.6) is 0 Å². The van der Waals surface area contributed by atoms with Crippen LogP contribution in [0.4, 0.5) is 5.69 Å². The van der Waals surface area contributed by atoms with Crippen molar-refractivity contribution in [1.82, 2.24) is 4.90 Å². The normalized spacial score (nSPS) is 18.2. The van der Waals surface area contributed by atoms with E-state index in [9.17, 15) is 14.9 Å². The summed E-state index contributed by atoms with van der Waals surface area (Å²) >= 11 is 0. The molecule has 7 nitrogen and oxygen atoms in total. The van der Waals surface area contributed by atoms with Crippen LogP contribution in [0.15, 0.2) is 24.3 Å². The third-order valence-electron chi connectivity index (χ3n) is 3.01. The molecule has 0 aromatic heterocycles. The molecule has 20 heavy (non-hydrogen) atoms. The molecule has 0 saturated carbocycles.